The predicted octanol–water partition coefficient (Wildman–Crippen LogP) is -1.55. The van der Waals surface area contributed by atoms with Gasteiger partial charge in [0.1, 0.15) is 0 Å². The number of hydrazine groups is 1. The second-order valence-electron chi connectivity index (χ2n) is 3.31. The van der Waals surface area contributed by atoms with Gasteiger partial charge >= 0.3 is 11.9 Å². The molecular formula is C9H15N3O4. The molecule has 90 valence electrons. The van der Waals surface area contributed by atoms with Crippen LogP contribution in [0.5, 0.6) is 0 Å². The van der Waals surface area contributed by atoms with Crippen LogP contribution >= 0.6 is 0 Å². The fourth-order valence-corrected chi connectivity index (χ4v) is 1.36. The second kappa shape index (κ2) is 6.06. The molecule has 0 unspecified atom stereocenters. The molecule has 16 heavy (non-hydrogen) atoms. The van der Waals surface area contributed by atoms with Gasteiger partial charge in [-0.25, -0.2) is 4.79 Å². The van der Waals surface area contributed by atoms with E-state index in [9.17, 15) is 14.4 Å². The molecule has 1 rings (SSSR count). The normalized spacial score (nSPS) is 18.9. The molecule has 0 saturated carbocycles. The number of carbonyl (C=O) groups excluding carboxylic acids is 3. The number of ether oxygens (including phenoxy) is 1. The lowest BCUT2D eigenvalue weighted by molar-refractivity contribution is -0.155. The van der Waals surface area contributed by atoms with E-state index in [4.69, 9.17) is 0 Å². The topological polar surface area (TPSA) is 96.5 Å². The first-order valence-corrected chi connectivity index (χ1v) is 5.15. The lowest BCUT2D eigenvalue weighted by atomic mass is 10.2. The van der Waals surface area contributed by atoms with E-state index >= 15 is 0 Å². The minimum Gasteiger partial charge on any atom is -0.459 e. The molecule has 0 bridgehead atoms. The summed E-state index contributed by atoms with van der Waals surface area (Å²) in [7, 11) is 0. The summed E-state index contributed by atoms with van der Waals surface area (Å²) in [6.45, 7) is 2.49. The lowest BCUT2D eigenvalue weighted by Gasteiger charge is -2.11. The van der Waals surface area contributed by atoms with Crippen LogP contribution < -0.4 is 16.2 Å². The summed E-state index contributed by atoms with van der Waals surface area (Å²) in [6, 6.07) is -0.303. The highest BCUT2D eigenvalue weighted by Gasteiger charge is 2.23. The second-order valence-corrected chi connectivity index (χ2v) is 3.31. The highest BCUT2D eigenvalue weighted by molar-refractivity contribution is 6.32. The van der Waals surface area contributed by atoms with Gasteiger partial charge in [0.15, 0.2) is 0 Å². The van der Waals surface area contributed by atoms with Gasteiger partial charge < -0.3 is 10.1 Å². The minimum atomic E-state index is -1.01. The number of esters is 1. The molecule has 1 saturated heterocycles. The van der Waals surface area contributed by atoms with Crippen LogP contribution in [-0.4, -0.2) is 37.0 Å². The van der Waals surface area contributed by atoms with Crippen LogP contribution in [0.2, 0.25) is 0 Å². The van der Waals surface area contributed by atoms with Crippen molar-refractivity contribution in [2.24, 2.45) is 0 Å². The molecule has 1 fully saturated rings. The zero-order valence-electron chi connectivity index (χ0n) is 9.04. The van der Waals surface area contributed by atoms with Gasteiger partial charge in [0.25, 0.3) is 5.91 Å². The molecule has 1 aliphatic rings. The van der Waals surface area contributed by atoms with Crippen molar-refractivity contribution >= 4 is 17.8 Å². The van der Waals surface area contributed by atoms with Crippen molar-refractivity contribution in [3.63, 3.8) is 0 Å². The predicted molar refractivity (Wildman–Crippen MR) is 53.9 cm³/mol. The summed E-state index contributed by atoms with van der Waals surface area (Å²) in [4.78, 5) is 33.3. The molecule has 0 aliphatic carbocycles. The monoisotopic (exact) mass is 229 g/mol. The molecule has 7 nitrogen and oxygen atoms in total. The van der Waals surface area contributed by atoms with E-state index in [1.165, 1.54) is 0 Å². The Hall–Kier alpha value is -1.63. The van der Waals surface area contributed by atoms with Gasteiger partial charge in [-0.15, -0.1) is 0 Å². The maximum Gasteiger partial charge on any atom is 0.398 e. The Morgan fingerprint density at radius 2 is 2.12 bits per heavy atom. The average Bonchev–Trinajstić information content (AvgIpc) is 2.79. The summed E-state index contributed by atoms with van der Waals surface area (Å²) in [6.07, 6.45) is 1.64. The Kier molecular flexibility index (Phi) is 4.71. The first-order valence-electron chi connectivity index (χ1n) is 5.15. The molecule has 1 atom stereocenters. The number of rotatable bonds is 2. The van der Waals surface area contributed by atoms with Crippen molar-refractivity contribution in [3.05, 3.63) is 0 Å². The summed E-state index contributed by atoms with van der Waals surface area (Å²) in [5.41, 5.74) is 4.15. The van der Waals surface area contributed by atoms with E-state index in [2.05, 4.69) is 15.5 Å². The van der Waals surface area contributed by atoms with Gasteiger partial charge in [-0.05, 0) is 26.3 Å². The van der Waals surface area contributed by atoms with Crippen LogP contribution in [0.25, 0.3) is 0 Å². The molecule has 1 heterocycles. The maximum absolute atomic E-state index is 11.4. The lowest BCUT2D eigenvalue weighted by Crippen LogP contribution is -2.51. The fourth-order valence-electron chi connectivity index (χ4n) is 1.36. The minimum absolute atomic E-state index is 0.115. The van der Waals surface area contributed by atoms with Crippen LogP contribution in [0.3, 0.4) is 0 Å². The van der Waals surface area contributed by atoms with Gasteiger partial charge in [-0.2, -0.15) is 0 Å². The van der Waals surface area contributed by atoms with E-state index in [0.29, 0.717) is 0 Å². The molecule has 0 aromatic carbocycles. The first-order chi connectivity index (χ1) is 7.65. The molecule has 0 radical (unpaired) electrons. The van der Waals surface area contributed by atoms with Crippen LogP contribution in [-0.2, 0) is 19.1 Å². The van der Waals surface area contributed by atoms with Crippen LogP contribution in [0.4, 0.5) is 0 Å². The molecule has 7 heteroatoms. The van der Waals surface area contributed by atoms with Crippen molar-refractivity contribution in [3.8, 4) is 0 Å². The Morgan fingerprint density at radius 1 is 1.38 bits per heavy atom. The van der Waals surface area contributed by atoms with Crippen LogP contribution in [0.15, 0.2) is 0 Å². The molecule has 2 amide bonds. The number of amides is 2. The Morgan fingerprint density at radius 3 is 2.69 bits per heavy atom. The Balaban J connectivity index is 2.25. The van der Waals surface area contributed by atoms with Crippen molar-refractivity contribution < 1.29 is 19.1 Å². The van der Waals surface area contributed by atoms with Gasteiger partial charge in [0.2, 0.25) is 0 Å². The number of carbonyl (C=O) groups is 3. The largest absolute Gasteiger partial charge is 0.459 e. The highest BCUT2D eigenvalue weighted by atomic mass is 16.5. The SMILES string of the molecule is CCOC(=O)C(=O)NNC(=O)[C@@H]1CCCN1. The van der Waals surface area contributed by atoms with Crippen molar-refractivity contribution in [2.75, 3.05) is 13.2 Å². The smallest absolute Gasteiger partial charge is 0.398 e. The molecule has 1 aliphatic heterocycles. The highest BCUT2D eigenvalue weighted by Crippen LogP contribution is 2.03. The summed E-state index contributed by atoms with van der Waals surface area (Å²) < 4.78 is 4.44. The Labute approximate surface area is 92.9 Å². The summed E-state index contributed by atoms with van der Waals surface area (Å²) >= 11 is 0. The molecule has 0 spiro atoms. The first kappa shape index (κ1) is 12.4. The van der Waals surface area contributed by atoms with E-state index in [-0.39, 0.29) is 18.6 Å². The molecule has 3 N–H and O–H groups in total. The van der Waals surface area contributed by atoms with Gasteiger partial charge in [0, 0.05) is 0 Å². The van der Waals surface area contributed by atoms with E-state index in [0.717, 1.165) is 19.4 Å². The molecule has 0 aromatic heterocycles. The van der Waals surface area contributed by atoms with Crippen molar-refractivity contribution in [2.45, 2.75) is 25.8 Å². The van der Waals surface area contributed by atoms with E-state index in [1.807, 2.05) is 5.43 Å². The average molecular weight is 229 g/mol. The summed E-state index contributed by atoms with van der Waals surface area (Å²) in [5.74, 6) is -2.34. The zero-order valence-corrected chi connectivity index (χ0v) is 9.04. The van der Waals surface area contributed by atoms with E-state index in [1.54, 1.807) is 6.92 Å². The molecule has 0 aromatic rings. The van der Waals surface area contributed by atoms with Crippen LogP contribution in [0, 0.1) is 0 Å². The third kappa shape index (κ3) is 3.50. The number of hydrogen-bond donors (Lipinski definition) is 3. The molecular weight excluding hydrogens is 214 g/mol. The number of hydrogen-bond acceptors (Lipinski definition) is 5. The van der Waals surface area contributed by atoms with Gasteiger partial charge in [-0.3, -0.25) is 20.4 Å². The van der Waals surface area contributed by atoms with E-state index < -0.39 is 11.9 Å². The standard InChI is InChI=1S/C9H15N3O4/c1-2-16-9(15)8(14)12-11-7(13)6-4-3-5-10-6/h6,10H,2-5H2,1H3,(H,11,13)(H,12,14)/t6-/m0/s1. The van der Waals surface area contributed by atoms with Crippen LogP contribution in [0.1, 0.15) is 19.8 Å². The Bertz CT molecular complexity index is 286. The quantitative estimate of drug-likeness (QED) is 0.302. The third-order valence-corrected chi connectivity index (χ3v) is 2.14. The van der Waals surface area contributed by atoms with Gasteiger partial charge in [-0.1, -0.05) is 0 Å². The third-order valence-electron chi connectivity index (χ3n) is 2.14. The zero-order chi connectivity index (χ0) is 12.0. The fraction of sp³-hybridized carbons (Fsp3) is 0.667. The van der Waals surface area contributed by atoms with Crippen molar-refractivity contribution in [1.29, 1.82) is 0 Å². The van der Waals surface area contributed by atoms with Crippen molar-refractivity contribution in [1.82, 2.24) is 16.2 Å². The summed E-state index contributed by atoms with van der Waals surface area (Å²) in [5, 5.41) is 2.95. The van der Waals surface area contributed by atoms with Gasteiger partial charge in [0.05, 0.1) is 12.6 Å². The maximum atomic E-state index is 11.4. The number of nitrogens with one attached hydrogen (secondary N) is 3.